The van der Waals surface area contributed by atoms with Crippen LogP contribution in [0.2, 0.25) is 0 Å². The molecule has 34 heavy (non-hydrogen) atoms. The van der Waals surface area contributed by atoms with E-state index in [4.69, 9.17) is 4.74 Å². The Morgan fingerprint density at radius 3 is 2.24 bits per heavy atom. The number of carboxylic acids is 1. The van der Waals surface area contributed by atoms with Gasteiger partial charge in [0.15, 0.2) is 0 Å². The van der Waals surface area contributed by atoms with E-state index in [1.54, 1.807) is 12.1 Å². The molecule has 1 atom stereocenters. The van der Waals surface area contributed by atoms with E-state index in [2.05, 4.69) is 29.3 Å². The van der Waals surface area contributed by atoms with Gasteiger partial charge in [-0.15, -0.1) is 6.58 Å². The van der Waals surface area contributed by atoms with Crippen LogP contribution >= 0.6 is 0 Å². The summed E-state index contributed by atoms with van der Waals surface area (Å²) in [7, 11) is 0. The molecule has 7 nitrogen and oxygen atoms in total. The van der Waals surface area contributed by atoms with Crippen LogP contribution < -0.4 is 10.6 Å². The lowest BCUT2D eigenvalue weighted by atomic mass is 9.98. The molecule has 1 aliphatic carbocycles. The van der Waals surface area contributed by atoms with Gasteiger partial charge in [0, 0.05) is 17.2 Å². The molecule has 3 aromatic rings. The Morgan fingerprint density at radius 2 is 1.62 bits per heavy atom. The van der Waals surface area contributed by atoms with Crippen molar-refractivity contribution in [1.29, 1.82) is 0 Å². The minimum atomic E-state index is -1.15. The van der Waals surface area contributed by atoms with Crippen molar-refractivity contribution in [3.8, 4) is 11.1 Å². The number of ether oxygens (including phenoxy) is 1. The van der Waals surface area contributed by atoms with E-state index in [-0.39, 0.29) is 24.5 Å². The van der Waals surface area contributed by atoms with Gasteiger partial charge in [0.1, 0.15) is 12.6 Å². The highest BCUT2D eigenvalue weighted by Gasteiger charge is 2.29. The van der Waals surface area contributed by atoms with Crippen molar-refractivity contribution < 1.29 is 24.2 Å². The van der Waals surface area contributed by atoms with Gasteiger partial charge < -0.3 is 15.2 Å². The van der Waals surface area contributed by atoms with Crippen LogP contribution in [-0.4, -0.2) is 35.7 Å². The first-order chi connectivity index (χ1) is 16.5. The maximum atomic E-state index is 12.5. The number of aliphatic carboxylic acids is 1. The summed E-state index contributed by atoms with van der Waals surface area (Å²) in [5.74, 6) is -1.78. The Bertz CT molecular complexity index is 1210. The summed E-state index contributed by atoms with van der Waals surface area (Å²) in [6.45, 7) is 3.67. The molecule has 0 heterocycles. The quantitative estimate of drug-likeness (QED) is 0.422. The molecule has 0 fully saturated rings. The normalized spacial score (nSPS) is 12.7. The minimum absolute atomic E-state index is 0.0620. The fourth-order valence-electron chi connectivity index (χ4n) is 4.12. The summed E-state index contributed by atoms with van der Waals surface area (Å²) >= 11 is 0. The standard InChI is InChI=1S/C27H24N2O5/c1-2-8-24(26(31)32)29-25(30)17-9-7-10-18(15-17)28-27(33)34-16-23-21-13-5-3-11-19(21)20-12-4-6-14-22(20)23/h2-7,9-15,23-24H,1,8,16H2,(H,28,33)(H,29,30)(H,31,32). The van der Waals surface area contributed by atoms with Gasteiger partial charge in [-0.3, -0.25) is 10.1 Å². The Balaban J connectivity index is 1.40. The molecule has 0 aliphatic heterocycles. The molecule has 1 unspecified atom stereocenters. The van der Waals surface area contributed by atoms with E-state index in [1.165, 1.54) is 18.2 Å². The van der Waals surface area contributed by atoms with Crippen molar-refractivity contribution >= 4 is 23.7 Å². The number of carbonyl (C=O) groups is 3. The number of benzene rings is 3. The predicted molar refractivity (Wildman–Crippen MR) is 129 cm³/mol. The molecule has 0 saturated heterocycles. The maximum Gasteiger partial charge on any atom is 0.411 e. The summed E-state index contributed by atoms with van der Waals surface area (Å²) in [6.07, 6.45) is 0.877. The van der Waals surface area contributed by atoms with Gasteiger partial charge >= 0.3 is 12.1 Å². The van der Waals surface area contributed by atoms with E-state index in [0.29, 0.717) is 5.69 Å². The van der Waals surface area contributed by atoms with Gasteiger partial charge in [0.25, 0.3) is 5.91 Å². The third-order valence-corrected chi connectivity index (χ3v) is 5.72. The van der Waals surface area contributed by atoms with Gasteiger partial charge in [-0.1, -0.05) is 60.7 Å². The SMILES string of the molecule is C=CCC(NC(=O)c1cccc(NC(=O)OCC2c3ccccc3-c3ccccc32)c1)C(=O)O. The van der Waals surface area contributed by atoms with Crippen LogP contribution in [0.5, 0.6) is 0 Å². The molecule has 0 radical (unpaired) electrons. The average molecular weight is 456 g/mol. The van der Waals surface area contributed by atoms with Gasteiger partial charge in [0.05, 0.1) is 0 Å². The van der Waals surface area contributed by atoms with Crippen molar-refractivity contribution in [3.05, 3.63) is 102 Å². The molecule has 7 heteroatoms. The molecule has 0 aromatic heterocycles. The molecular formula is C27H24N2O5. The number of fused-ring (bicyclic) bond motifs is 3. The summed E-state index contributed by atoms with van der Waals surface area (Å²) in [6, 6.07) is 21.3. The van der Waals surface area contributed by atoms with E-state index in [1.807, 2.05) is 36.4 Å². The van der Waals surface area contributed by atoms with Gasteiger partial charge in [-0.2, -0.15) is 0 Å². The van der Waals surface area contributed by atoms with Gasteiger partial charge in [-0.05, 0) is 46.9 Å². The molecular weight excluding hydrogens is 432 g/mol. The Morgan fingerprint density at radius 1 is 0.971 bits per heavy atom. The smallest absolute Gasteiger partial charge is 0.411 e. The number of amides is 2. The first-order valence-electron chi connectivity index (χ1n) is 10.8. The van der Waals surface area contributed by atoms with Crippen LogP contribution in [-0.2, 0) is 9.53 Å². The first kappa shape index (κ1) is 22.8. The Labute approximate surface area is 197 Å². The van der Waals surface area contributed by atoms with Crippen LogP contribution in [0.3, 0.4) is 0 Å². The van der Waals surface area contributed by atoms with E-state index < -0.39 is 24.0 Å². The summed E-state index contributed by atoms with van der Waals surface area (Å²) in [4.78, 5) is 36.2. The first-order valence-corrected chi connectivity index (χ1v) is 10.8. The van der Waals surface area contributed by atoms with Crippen LogP contribution in [0.15, 0.2) is 85.5 Å². The second-order valence-corrected chi connectivity index (χ2v) is 7.92. The molecule has 0 bridgehead atoms. The van der Waals surface area contributed by atoms with Crippen LogP contribution in [0.1, 0.15) is 33.8 Å². The summed E-state index contributed by atoms with van der Waals surface area (Å²) in [5.41, 5.74) is 5.08. The number of nitrogens with one attached hydrogen (secondary N) is 2. The average Bonchev–Trinajstić information content (AvgIpc) is 3.16. The van der Waals surface area contributed by atoms with Crippen LogP contribution in [0, 0.1) is 0 Å². The number of rotatable bonds is 8. The third kappa shape index (κ3) is 4.83. The zero-order valence-corrected chi connectivity index (χ0v) is 18.4. The molecule has 1 aliphatic rings. The summed E-state index contributed by atoms with van der Waals surface area (Å²) < 4.78 is 5.53. The Kier molecular flexibility index (Phi) is 6.73. The third-order valence-electron chi connectivity index (χ3n) is 5.72. The number of carbonyl (C=O) groups excluding carboxylic acids is 2. The van der Waals surface area contributed by atoms with Crippen molar-refractivity contribution in [3.63, 3.8) is 0 Å². The number of hydrogen-bond acceptors (Lipinski definition) is 4. The second-order valence-electron chi connectivity index (χ2n) is 7.92. The predicted octanol–water partition coefficient (Wildman–Crippen LogP) is 4.81. The molecule has 172 valence electrons. The van der Waals surface area contributed by atoms with Crippen molar-refractivity contribution in [2.24, 2.45) is 0 Å². The van der Waals surface area contributed by atoms with Gasteiger partial charge in [-0.25, -0.2) is 9.59 Å². The van der Waals surface area contributed by atoms with Crippen molar-refractivity contribution in [2.75, 3.05) is 11.9 Å². The monoisotopic (exact) mass is 456 g/mol. The van der Waals surface area contributed by atoms with Crippen molar-refractivity contribution in [1.82, 2.24) is 5.32 Å². The van der Waals surface area contributed by atoms with Gasteiger partial charge in [0.2, 0.25) is 0 Å². The number of hydrogen-bond donors (Lipinski definition) is 3. The second kappa shape index (κ2) is 10.0. The largest absolute Gasteiger partial charge is 0.480 e. The fourth-order valence-corrected chi connectivity index (χ4v) is 4.12. The zero-order valence-electron chi connectivity index (χ0n) is 18.4. The lowest BCUT2D eigenvalue weighted by Crippen LogP contribution is -2.40. The maximum absolute atomic E-state index is 12.5. The zero-order chi connectivity index (χ0) is 24.1. The van der Waals surface area contributed by atoms with Crippen LogP contribution in [0.4, 0.5) is 10.5 Å². The highest BCUT2D eigenvalue weighted by Crippen LogP contribution is 2.44. The number of anilines is 1. The fraction of sp³-hybridized carbons (Fsp3) is 0.148. The molecule has 4 rings (SSSR count). The van der Waals surface area contributed by atoms with E-state index in [0.717, 1.165) is 22.3 Å². The van der Waals surface area contributed by atoms with E-state index >= 15 is 0 Å². The van der Waals surface area contributed by atoms with E-state index in [9.17, 15) is 19.5 Å². The molecule has 3 N–H and O–H groups in total. The highest BCUT2D eigenvalue weighted by molar-refractivity contribution is 5.98. The van der Waals surface area contributed by atoms with Crippen LogP contribution in [0.25, 0.3) is 11.1 Å². The molecule has 0 saturated carbocycles. The summed E-state index contributed by atoms with van der Waals surface area (Å²) in [5, 5.41) is 14.3. The van der Waals surface area contributed by atoms with Crippen molar-refractivity contribution in [2.45, 2.75) is 18.4 Å². The Hall–Kier alpha value is -4.39. The minimum Gasteiger partial charge on any atom is -0.480 e. The molecule has 0 spiro atoms. The lowest BCUT2D eigenvalue weighted by molar-refractivity contribution is -0.139. The highest BCUT2D eigenvalue weighted by atomic mass is 16.5. The topological polar surface area (TPSA) is 105 Å². The molecule has 2 amide bonds. The lowest BCUT2D eigenvalue weighted by Gasteiger charge is -2.15. The number of carboxylic acid groups (broad SMARTS) is 1. The molecule has 3 aromatic carbocycles.